The predicted octanol–water partition coefficient (Wildman–Crippen LogP) is -1.30. The van der Waals surface area contributed by atoms with Crippen LogP contribution in [0.1, 0.15) is 36.8 Å². The molecule has 0 fully saturated rings. The van der Waals surface area contributed by atoms with Gasteiger partial charge in [-0.05, 0) is 56.4 Å². The molecule has 1 rings (SSSR count). The van der Waals surface area contributed by atoms with Gasteiger partial charge in [0, 0.05) is 13.0 Å². The van der Waals surface area contributed by atoms with Crippen LogP contribution in [0, 0.1) is 0 Å². The van der Waals surface area contributed by atoms with Gasteiger partial charge in [0.1, 0.15) is 6.04 Å². The minimum atomic E-state index is -0.947. The van der Waals surface area contributed by atoms with E-state index in [4.69, 9.17) is 17.2 Å². The van der Waals surface area contributed by atoms with Gasteiger partial charge in [-0.1, -0.05) is 24.3 Å². The van der Waals surface area contributed by atoms with Crippen LogP contribution < -0.4 is 33.2 Å². The molecule has 174 valence electrons. The van der Waals surface area contributed by atoms with Crippen LogP contribution >= 0.6 is 0 Å². The quantitative estimate of drug-likeness (QED) is 0.0957. The first-order valence-electron chi connectivity index (χ1n) is 10.7. The number of carbonyl (C=O) groups is 2. The standard InChI is InChI=1S/C21H37N7O3/c22-10-3-12-25-11-1-2-13-26-20(31)18(15-29)28-19(30)9-8-16-4-6-17(7-5-16)14-27-21(23)24/h4-7,18,25,29H,1-3,8-15,22H2,(H,26,31)(H,28,30)(H4,23,24,27). The second-order valence-electron chi connectivity index (χ2n) is 7.25. The first kappa shape index (κ1) is 26.3. The van der Waals surface area contributed by atoms with Gasteiger partial charge < -0.3 is 38.3 Å². The molecule has 0 aliphatic rings. The summed E-state index contributed by atoms with van der Waals surface area (Å²) in [7, 11) is 0. The van der Waals surface area contributed by atoms with Crippen LogP contribution in [0.5, 0.6) is 0 Å². The zero-order valence-corrected chi connectivity index (χ0v) is 18.1. The van der Waals surface area contributed by atoms with Crippen molar-refractivity contribution in [1.29, 1.82) is 0 Å². The fourth-order valence-corrected chi connectivity index (χ4v) is 2.77. The number of nitrogens with zero attached hydrogens (tertiary/aromatic N) is 1. The Hall–Kier alpha value is -2.69. The molecule has 2 amide bonds. The van der Waals surface area contributed by atoms with E-state index >= 15 is 0 Å². The topological polar surface area (TPSA) is 181 Å². The zero-order valence-electron chi connectivity index (χ0n) is 18.1. The van der Waals surface area contributed by atoms with Crippen LogP contribution in [0.15, 0.2) is 29.3 Å². The Bertz CT molecular complexity index is 676. The molecule has 0 radical (unpaired) electrons. The lowest BCUT2D eigenvalue weighted by Crippen LogP contribution is -2.49. The van der Waals surface area contributed by atoms with E-state index < -0.39 is 12.6 Å². The third-order valence-electron chi connectivity index (χ3n) is 4.58. The van der Waals surface area contributed by atoms with Gasteiger partial charge in [0.25, 0.3) is 0 Å². The van der Waals surface area contributed by atoms with Crippen LogP contribution in [0.2, 0.25) is 0 Å². The lowest BCUT2D eigenvalue weighted by Gasteiger charge is -2.16. The number of aliphatic hydroxyl groups excluding tert-OH is 1. The molecule has 0 saturated carbocycles. The Labute approximate surface area is 184 Å². The molecule has 10 nitrogen and oxygen atoms in total. The third kappa shape index (κ3) is 12.6. The van der Waals surface area contributed by atoms with Gasteiger partial charge in [-0.15, -0.1) is 0 Å². The fourth-order valence-electron chi connectivity index (χ4n) is 2.77. The predicted molar refractivity (Wildman–Crippen MR) is 122 cm³/mol. The van der Waals surface area contributed by atoms with E-state index in [1.807, 2.05) is 24.3 Å². The van der Waals surface area contributed by atoms with Crippen molar-refractivity contribution in [1.82, 2.24) is 16.0 Å². The summed E-state index contributed by atoms with van der Waals surface area (Å²) >= 11 is 0. The minimum Gasteiger partial charge on any atom is -0.394 e. The van der Waals surface area contributed by atoms with E-state index in [2.05, 4.69) is 20.9 Å². The van der Waals surface area contributed by atoms with Crippen molar-refractivity contribution in [2.24, 2.45) is 22.2 Å². The van der Waals surface area contributed by atoms with Crippen LogP contribution in [0.4, 0.5) is 0 Å². The number of aryl methyl sites for hydroxylation is 1. The molecule has 10 heteroatoms. The number of guanidine groups is 1. The minimum absolute atomic E-state index is 0.0403. The summed E-state index contributed by atoms with van der Waals surface area (Å²) in [5.74, 6) is -0.627. The van der Waals surface area contributed by atoms with Crippen molar-refractivity contribution in [3.8, 4) is 0 Å². The van der Waals surface area contributed by atoms with Crippen molar-refractivity contribution in [3.63, 3.8) is 0 Å². The molecule has 0 aliphatic carbocycles. The Morgan fingerprint density at radius 3 is 2.29 bits per heavy atom. The van der Waals surface area contributed by atoms with Crippen molar-refractivity contribution in [3.05, 3.63) is 35.4 Å². The molecule has 0 heterocycles. The second kappa shape index (κ2) is 16.1. The normalized spacial score (nSPS) is 11.5. The summed E-state index contributed by atoms with van der Waals surface area (Å²) in [5.41, 5.74) is 18.0. The number of carbonyl (C=O) groups excluding carboxylic acids is 2. The van der Waals surface area contributed by atoms with Gasteiger partial charge in [-0.25, -0.2) is 4.99 Å². The van der Waals surface area contributed by atoms with E-state index in [9.17, 15) is 14.7 Å². The number of benzene rings is 1. The molecule has 0 saturated heterocycles. The molecule has 0 spiro atoms. The van der Waals surface area contributed by atoms with Crippen LogP contribution in [-0.4, -0.2) is 61.7 Å². The SMILES string of the molecule is NCCCNCCCCNC(=O)C(CO)NC(=O)CCc1ccc(CN=C(N)N)cc1. The van der Waals surface area contributed by atoms with Crippen molar-refractivity contribution in [2.45, 2.75) is 44.7 Å². The molecule has 31 heavy (non-hydrogen) atoms. The molecule has 1 aromatic rings. The monoisotopic (exact) mass is 435 g/mol. The highest BCUT2D eigenvalue weighted by Crippen LogP contribution is 2.08. The highest BCUT2D eigenvalue weighted by atomic mass is 16.3. The molecular formula is C21H37N7O3. The summed E-state index contributed by atoms with van der Waals surface area (Å²) in [5, 5.41) is 18.1. The zero-order chi connectivity index (χ0) is 22.9. The first-order chi connectivity index (χ1) is 15.0. The van der Waals surface area contributed by atoms with Crippen molar-refractivity contribution in [2.75, 3.05) is 32.8 Å². The molecule has 1 unspecified atom stereocenters. The van der Waals surface area contributed by atoms with Crippen molar-refractivity contribution >= 4 is 17.8 Å². The lowest BCUT2D eigenvalue weighted by atomic mass is 10.1. The van der Waals surface area contributed by atoms with E-state index in [0.29, 0.717) is 26.1 Å². The number of unbranched alkanes of at least 4 members (excludes halogenated alkanes) is 1. The first-order valence-corrected chi connectivity index (χ1v) is 10.7. The van der Waals surface area contributed by atoms with E-state index in [1.54, 1.807) is 0 Å². The van der Waals surface area contributed by atoms with Crippen LogP contribution in [-0.2, 0) is 22.6 Å². The molecule has 1 atom stereocenters. The Kier molecular flexibility index (Phi) is 13.6. The van der Waals surface area contributed by atoms with Gasteiger partial charge in [0.05, 0.1) is 13.2 Å². The number of hydrogen-bond acceptors (Lipinski definition) is 6. The third-order valence-corrected chi connectivity index (χ3v) is 4.58. The number of nitrogens with two attached hydrogens (primary N) is 3. The molecule has 1 aromatic carbocycles. The summed E-state index contributed by atoms with van der Waals surface area (Å²) in [6.07, 6.45) is 3.41. The Morgan fingerprint density at radius 1 is 1.00 bits per heavy atom. The number of aliphatic imine (C=N–C) groups is 1. The largest absolute Gasteiger partial charge is 0.394 e. The van der Waals surface area contributed by atoms with E-state index in [-0.39, 0.29) is 24.2 Å². The second-order valence-corrected chi connectivity index (χ2v) is 7.25. The van der Waals surface area contributed by atoms with Crippen LogP contribution in [0.25, 0.3) is 0 Å². The van der Waals surface area contributed by atoms with E-state index in [1.165, 1.54) is 0 Å². The molecule has 0 bridgehead atoms. The number of amides is 2. The number of hydrogen-bond donors (Lipinski definition) is 7. The van der Waals surface area contributed by atoms with Gasteiger partial charge in [-0.2, -0.15) is 0 Å². The maximum Gasteiger partial charge on any atom is 0.244 e. The fraction of sp³-hybridized carbons (Fsp3) is 0.571. The summed E-state index contributed by atoms with van der Waals surface area (Å²) in [6.45, 7) is 2.88. The lowest BCUT2D eigenvalue weighted by molar-refractivity contribution is -0.130. The smallest absolute Gasteiger partial charge is 0.244 e. The highest BCUT2D eigenvalue weighted by Gasteiger charge is 2.19. The number of aliphatic hydroxyl groups is 1. The van der Waals surface area contributed by atoms with Crippen LogP contribution in [0.3, 0.4) is 0 Å². The van der Waals surface area contributed by atoms with E-state index in [0.717, 1.165) is 43.5 Å². The summed E-state index contributed by atoms with van der Waals surface area (Å²) in [4.78, 5) is 28.3. The highest BCUT2D eigenvalue weighted by molar-refractivity contribution is 5.87. The molecule has 10 N–H and O–H groups in total. The van der Waals surface area contributed by atoms with Gasteiger partial charge >= 0.3 is 0 Å². The average Bonchev–Trinajstić information content (AvgIpc) is 2.76. The molecular weight excluding hydrogens is 398 g/mol. The maximum absolute atomic E-state index is 12.2. The average molecular weight is 436 g/mol. The Morgan fingerprint density at radius 2 is 1.65 bits per heavy atom. The maximum atomic E-state index is 12.2. The number of nitrogens with one attached hydrogen (secondary N) is 3. The summed E-state index contributed by atoms with van der Waals surface area (Å²) in [6, 6.07) is 6.67. The number of rotatable bonds is 16. The van der Waals surface area contributed by atoms with Gasteiger partial charge in [0.15, 0.2) is 5.96 Å². The van der Waals surface area contributed by atoms with Gasteiger partial charge in [-0.3, -0.25) is 9.59 Å². The van der Waals surface area contributed by atoms with Gasteiger partial charge in [0.2, 0.25) is 11.8 Å². The molecule has 0 aliphatic heterocycles. The Balaban J connectivity index is 2.27. The molecule has 0 aromatic heterocycles. The van der Waals surface area contributed by atoms with Crippen molar-refractivity contribution < 1.29 is 14.7 Å². The summed E-state index contributed by atoms with van der Waals surface area (Å²) < 4.78 is 0.